The number of carbonyl (C=O) groups excluding carboxylic acids is 1. The Bertz CT molecular complexity index is 517. The van der Waals surface area contributed by atoms with Gasteiger partial charge >= 0.3 is 6.09 Å². The van der Waals surface area contributed by atoms with Gasteiger partial charge in [-0.3, -0.25) is 10.1 Å². The Morgan fingerprint density at radius 3 is 2.77 bits per heavy atom. The molecule has 0 unspecified atom stereocenters. The van der Waals surface area contributed by atoms with Crippen molar-refractivity contribution >= 4 is 11.8 Å². The molecule has 1 heterocycles. The minimum atomic E-state index is -0.451. The predicted octanol–water partition coefficient (Wildman–Crippen LogP) is 2.98. The molecule has 0 aromatic heterocycles. The quantitative estimate of drug-likeness (QED) is 0.458. The van der Waals surface area contributed by atoms with Crippen LogP contribution in [-0.4, -0.2) is 41.7 Å². The largest absolute Gasteiger partial charge is 0.489 e. The molecular weight excluding hydrogens is 288 g/mol. The highest BCUT2D eigenvalue weighted by molar-refractivity contribution is 5.68. The molecule has 7 heteroatoms. The van der Waals surface area contributed by atoms with Crippen LogP contribution in [0.5, 0.6) is 5.75 Å². The number of hydrogen-bond donors (Lipinski definition) is 0. The summed E-state index contributed by atoms with van der Waals surface area (Å²) in [5, 5.41) is 10.6. The average Bonchev–Trinajstić information content (AvgIpc) is 2.96. The van der Waals surface area contributed by atoms with Crippen LogP contribution >= 0.6 is 0 Å². The van der Waals surface area contributed by atoms with Crippen LogP contribution in [0.4, 0.5) is 10.5 Å². The highest BCUT2D eigenvalue weighted by atomic mass is 16.6. The molecule has 120 valence electrons. The Balaban J connectivity index is 1.80. The number of benzene rings is 1. The lowest BCUT2D eigenvalue weighted by Crippen LogP contribution is -2.31. The Morgan fingerprint density at radius 2 is 2.14 bits per heavy atom. The van der Waals surface area contributed by atoms with Crippen LogP contribution in [0.15, 0.2) is 24.3 Å². The lowest BCUT2D eigenvalue weighted by atomic mass is 10.3. The fourth-order valence-corrected chi connectivity index (χ4v) is 2.22. The van der Waals surface area contributed by atoms with Crippen molar-refractivity contribution in [3.05, 3.63) is 34.4 Å². The summed E-state index contributed by atoms with van der Waals surface area (Å²) in [4.78, 5) is 23.6. The van der Waals surface area contributed by atoms with Crippen molar-refractivity contribution in [2.24, 2.45) is 0 Å². The molecule has 1 amide bonds. The number of ether oxygens (including phenoxy) is 2. The van der Waals surface area contributed by atoms with E-state index in [1.54, 1.807) is 17.0 Å². The first-order chi connectivity index (χ1) is 10.6. The third-order valence-electron chi connectivity index (χ3n) is 3.48. The summed E-state index contributed by atoms with van der Waals surface area (Å²) in [5.41, 5.74) is 0.0277. The maximum Gasteiger partial charge on any atom is 0.409 e. The van der Waals surface area contributed by atoms with E-state index in [0.29, 0.717) is 25.4 Å². The zero-order chi connectivity index (χ0) is 15.9. The van der Waals surface area contributed by atoms with E-state index >= 15 is 0 Å². The van der Waals surface area contributed by atoms with Gasteiger partial charge in [0.05, 0.1) is 18.1 Å². The molecular formula is C15H20N2O5. The van der Waals surface area contributed by atoms with E-state index < -0.39 is 4.92 Å². The maximum absolute atomic E-state index is 11.8. The van der Waals surface area contributed by atoms with E-state index in [4.69, 9.17) is 9.47 Å². The number of rotatable bonds is 6. The van der Waals surface area contributed by atoms with Crippen LogP contribution in [0.3, 0.4) is 0 Å². The number of amides is 1. The second-order valence-corrected chi connectivity index (χ2v) is 5.19. The summed E-state index contributed by atoms with van der Waals surface area (Å²) in [7, 11) is 0. The molecule has 1 aromatic carbocycles. The highest BCUT2D eigenvalue weighted by Crippen LogP contribution is 2.21. The Labute approximate surface area is 129 Å². The van der Waals surface area contributed by atoms with Gasteiger partial charge in [0.15, 0.2) is 0 Å². The average molecular weight is 308 g/mol. The molecule has 1 aliphatic heterocycles. The van der Waals surface area contributed by atoms with Gasteiger partial charge in [-0.25, -0.2) is 4.79 Å². The fraction of sp³-hybridized carbons (Fsp3) is 0.533. The number of nitrogens with zero attached hydrogens (tertiary/aromatic N) is 2. The van der Waals surface area contributed by atoms with Gasteiger partial charge in [0, 0.05) is 25.1 Å². The van der Waals surface area contributed by atoms with Gasteiger partial charge in [-0.15, -0.1) is 0 Å². The van der Waals surface area contributed by atoms with Crippen molar-refractivity contribution in [1.29, 1.82) is 0 Å². The van der Waals surface area contributed by atoms with Crippen LogP contribution < -0.4 is 4.74 Å². The van der Waals surface area contributed by atoms with Crippen molar-refractivity contribution in [2.75, 3.05) is 19.7 Å². The Morgan fingerprint density at radius 1 is 1.41 bits per heavy atom. The van der Waals surface area contributed by atoms with Crippen molar-refractivity contribution in [3.63, 3.8) is 0 Å². The second kappa shape index (κ2) is 7.63. The molecule has 22 heavy (non-hydrogen) atoms. The molecule has 0 bridgehead atoms. The summed E-state index contributed by atoms with van der Waals surface area (Å²) < 4.78 is 10.9. The summed E-state index contributed by atoms with van der Waals surface area (Å²) >= 11 is 0. The van der Waals surface area contributed by atoms with E-state index in [0.717, 1.165) is 19.3 Å². The van der Waals surface area contributed by atoms with Gasteiger partial charge < -0.3 is 14.4 Å². The molecule has 0 spiro atoms. The van der Waals surface area contributed by atoms with Crippen molar-refractivity contribution in [2.45, 2.75) is 32.3 Å². The molecule has 0 saturated carbocycles. The van der Waals surface area contributed by atoms with Crippen molar-refractivity contribution in [3.8, 4) is 5.75 Å². The molecule has 0 aliphatic carbocycles. The van der Waals surface area contributed by atoms with E-state index in [1.807, 2.05) is 6.92 Å². The fourth-order valence-electron chi connectivity index (χ4n) is 2.22. The van der Waals surface area contributed by atoms with Gasteiger partial charge in [0.1, 0.15) is 11.9 Å². The van der Waals surface area contributed by atoms with Gasteiger partial charge in [-0.2, -0.15) is 0 Å². The van der Waals surface area contributed by atoms with Gasteiger partial charge in [-0.1, -0.05) is 13.3 Å². The number of likely N-dealkylation sites (tertiary alicyclic amines) is 1. The van der Waals surface area contributed by atoms with E-state index in [9.17, 15) is 14.9 Å². The first-order valence-electron chi connectivity index (χ1n) is 7.43. The molecule has 1 aliphatic rings. The minimum absolute atomic E-state index is 0.0277. The summed E-state index contributed by atoms with van der Waals surface area (Å²) in [5.74, 6) is 0.566. The molecule has 1 aromatic rings. The lowest BCUT2D eigenvalue weighted by molar-refractivity contribution is -0.384. The first-order valence-corrected chi connectivity index (χ1v) is 7.43. The number of non-ortho nitro benzene ring substituents is 1. The normalized spacial score (nSPS) is 17.3. The van der Waals surface area contributed by atoms with Crippen LogP contribution in [-0.2, 0) is 4.74 Å². The zero-order valence-corrected chi connectivity index (χ0v) is 12.6. The molecule has 1 fully saturated rings. The third-order valence-corrected chi connectivity index (χ3v) is 3.48. The van der Waals surface area contributed by atoms with Crippen LogP contribution in [0.1, 0.15) is 26.2 Å². The number of carbonyl (C=O) groups is 1. The van der Waals surface area contributed by atoms with E-state index in [2.05, 4.69) is 0 Å². The number of nitro benzene ring substituents is 1. The Kier molecular flexibility index (Phi) is 5.57. The summed E-state index contributed by atoms with van der Waals surface area (Å²) in [6.45, 7) is 3.56. The lowest BCUT2D eigenvalue weighted by Gasteiger charge is -2.17. The van der Waals surface area contributed by atoms with Crippen LogP contribution in [0, 0.1) is 10.1 Å². The van der Waals surface area contributed by atoms with Crippen molar-refractivity contribution in [1.82, 2.24) is 4.90 Å². The van der Waals surface area contributed by atoms with Crippen LogP contribution in [0.25, 0.3) is 0 Å². The monoisotopic (exact) mass is 308 g/mol. The third kappa shape index (κ3) is 4.34. The molecule has 0 N–H and O–H groups in total. The predicted molar refractivity (Wildman–Crippen MR) is 80.0 cm³/mol. The Hall–Kier alpha value is -2.31. The molecule has 1 atom stereocenters. The topological polar surface area (TPSA) is 81.9 Å². The van der Waals surface area contributed by atoms with E-state index in [-0.39, 0.29) is 17.9 Å². The molecule has 0 radical (unpaired) electrons. The number of nitro groups is 1. The molecule has 1 saturated heterocycles. The molecule has 7 nitrogen and oxygen atoms in total. The van der Waals surface area contributed by atoms with Gasteiger partial charge in [0.2, 0.25) is 0 Å². The smallest absolute Gasteiger partial charge is 0.409 e. The SMILES string of the molecule is CCCCOC(=O)N1CC[C@H](Oc2ccc([N+](=O)[O-])cc2)C1. The maximum atomic E-state index is 11.8. The van der Waals surface area contributed by atoms with E-state index in [1.165, 1.54) is 12.1 Å². The second-order valence-electron chi connectivity index (χ2n) is 5.19. The number of unbranched alkanes of at least 4 members (excludes halogenated alkanes) is 1. The number of hydrogen-bond acceptors (Lipinski definition) is 5. The summed E-state index contributed by atoms with van der Waals surface area (Å²) in [6, 6.07) is 5.95. The molecule has 2 rings (SSSR count). The minimum Gasteiger partial charge on any atom is -0.489 e. The summed E-state index contributed by atoms with van der Waals surface area (Å²) in [6.07, 6.45) is 2.16. The van der Waals surface area contributed by atoms with Gasteiger partial charge in [0.25, 0.3) is 5.69 Å². The first kappa shape index (κ1) is 16.1. The highest BCUT2D eigenvalue weighted by Gasteiger charge is 2.28. The zero-order valence-electron chi connectivity index (χ0n) is 12.6. The standard InChI is InChI=1S/C15H20N2O5/c1-2-3-10-21-15(18)16-9-8-14(11-16)22-13-6-4-12(5-7-13)17(19)20/h4-7,14H,2-3,8-11H2,1H3/t14-/m0/s1. The van der Waals surface area contributed by atoms with Crippen LogP contribution in [0.2, 0.25) is 0 Å². The van der Waals surface area contributed by atoms with Gasteiger partial charge in [-0.05, 0) is 18.6 Å². The van der Waals surface area contributed by atoms with Crippen molar-refractivity contribution < 1.29 is 19.2 Å².